The lowest BCUT2D eigenvalue weighted by atomic mass is 9.91. The first-order valence-corrected chi connectivity index (χ1v) is 19.6. The van der Waals surface area contributed by atoms with Crippen molar-refractivity contribution in [3.8, 4) is 39.3 Å². The predicted octanol–water partition coefficient (Wildman–Crippen LogP) is 14.3. The summed E-state index contributed by atoms with van der Waals surface area (Å²) in [7, 11) is 0. The zero-order valence-electron chi connectivity index (χ0n) is 31.0. The van der Waals surface area contributed by atoms with E-state index in [9.17, 15) is 0 Å². The molecule has 0 radical (unpaired) electrons. The number of hydrogen-bond acceptors (Lipinski definition) is 0. The molecule has 0 saturated heterocycles. The maximum Gasteiger partial charge on any atom is 0.0620 e. The largest absolute Gasteiger partial charge is 0.309 e. The Balaban J connectivity index is 1.25. The lowest BCUT2D eigenvalue weighted by molar-refractivity contribution is 1.18. The summed E-state index contributed by atoms with van der Waals surface area (Å²) in [4.78, 5) is 0. The Hall–Kier alpha value is -7.62. The smallest absolute Gasteiger partial charge is 0.0620 e. The molecule has 0 atom stereocenters. The van der Waals surface area contributed by atoms with Crippen LogP contribution in [0.3, 0.4) is 0 Å². The molecule has 266 valence electrons. The summed E-state index contributed by atoms with van der Waals surface area (Å²) in [6.07, 6.45) is 0. The summed E-state index contributed by atoms with van der Waals surface area (Å²) in [5.74, 6) is 0. The summed E-state index contributed by atoms with van der Waals surface area (Å²) in [5, 5.41) is 7.45. The summed E-state index contributed by atoms with van der Waals surface area (Å²) < 4.78 is 7.30. The number of nitrogens with zero attached hydrogens (tertiary/aromatic N) is 3. The quantitative estimate of drug-likeness (QED) is 0.168. The second kappa shape index (κ2) is 12.5. The minimum atomic E-state index is 1.14. The molecule has 3 heteroatoms. The van der Waals surface area contributed by atoms with E-state index in [1.54, 1.807) is 0 Å². The van der Waals surface area contributed by atoms with Crippen molar-refractivity contribution in [2.24, 2.45) is 0 Å². The number of rotatable bonds is 5. The number of fused-ring (bicyclic) bond motifs is 9. The first kappa shape index (κ1) is 31.7. The predicted molar refractivity (Wildman–Crippen MR) is 240 cm³/mol. The lowest BCUT2D eigenvalue weighted by Gasteiger charge is -2.16. The molecule has 0 N–H and O–H groups in total. The highest BCUT2D eigenvalue weighted by atomic mass is 15.0. The van der Waals surface area contributed by atoms with Gasteiger partial charge in [-0.15, -0.1) is 0 Å². The molecule has 0 saturated carbocycles. The van der Waals surface area contributed by atoms with Crippen molar-refractivity contribution in [2.75, 3.05) is 0 Å². The molecular formula is C54H35N3. The first-order valence-electron chi connectivity index (χ1n) is 19.6. The van der Waals surface area contributed by atoms with Crippen molar-refractivity contribution < 1.29 is 0 Å². The molecule has 3 heterocycles. The van der Waals surface area contributed by atoms with Gasteiger partial charge in [0.2, 0.25) is 0 Å². The molecule has 0 bridgehead atoms. The molecule has 3 nitrogen and oxygen atoms in total. The SMILES string of the molecule is c1ccc(-n2c3ccccc3c3c(-c4cc(-c5cccc6c5c5ccccc5n6-c5ccccc5)c5c(c4)c4ccccc4n5-c4ccccc4)cccc32)cc1. The van der Waals surface area contributed by atoms with Gasteiger partial charge in [-0.3, -0.25) is 0 Å². The minimum absolute atomic E-state index is 1.14. The zero-order chi connectivity index (χ0) is 37.5. The Bertz CT molecular complexity index is 3500. The van der Waals surface area contributed by atoms with Crippen LogP contribution in [0.2, 0.25) is 0 Å². The molecule has 0 amide bonds. The Morgan fingerprint density at radius 2 is 0.649 bits per heavy atom. The lowest BCUT2D eigenvalue weighted by Crippen LogP contribution is -1.96. The van der Waals surface area contributed by atoms with Crippen LogP contribution in [0.25, 0.3) is 105 Å². The van der Waals surface area contributed by atoms with Gasteiger partial charge in [0.05, 0.1) is 33.1 Å². The summed E-state index contributed by atoms with van der Waals surface area (Å²) in [6, 6.07) is 77.5. The fraction of sp³-hybridized carbons (Fsp3) is 0. The van der Waals surface area contributed by atoms with E-state index in [0.717, 1.165) is 17.1 Å². The van der Waals surface area contributed by atoms with Gasteiger partial charge in [-0.1, -0.05) is 133 Å². The molecule has 0 unspecified atom stereocenters. The van der Waals surface area contributed by atoms with Crippen molar-refractivity contribution >= 4 is 65.4 Å². The Morgan fingerprint density at radius 1 is 0.246 bits per heavy atom. The van der Waals surface area contributed by atoms with Crippen LogP contribution in [-0.2, 0) is 0 Å². The van der Waals surface area contributed by atoms with Crippen LogP contribution in [-0.4, -0.2) is 13.7 Å². The van der Waals surface area contributed by atoms with Gasteiger partial charge in [0.1, 0.15) is 0 Å². The monoisotopic (exact) mass is 725 g/mol. The van der Waals surface area contributed by atoms with Crippen molar-refractivity contribution in [1.82, 2.24) is 13.7 Å². The molecule has 12 rings (SSSR count). The summed E-state index contributed by atoms with van der Waals surface area (Å²) >= 11 is 0. The van der Waals surface area contributed by atoms with Crippen molar-refractivity contribution in [3.63, 3.8) is 0 Å². The van der Waals surface area contributed by atoms with Crippen molar-refractivity contribution in [3.05, 3.63) is 212 Å². The van der Waals surface area contributed by atoms with Crippen LogP contribution in [0.4, 0.5) is 0 Å². The third kappa shape index (κ3) is 4.66. The second-order valence-electron chi connectivity index (χ2n) is 14.9. The average molecular weight is 726 g/mol. The molecule has 0 aliphatic rings. The van der Waals surface area contributed by atoms with E-state index in [4.69, 9.17) is 0 Å². The molecule has 0 fully saturated rings. The van der Waals surface area contributed by atoms with Crippen LogP contribution in [0.1, 0.15) is 0 Å². The average Bonchev–Trinajstić information content (AvgIpc) is 3.93. The zero-order valence-corrected chi connectivity index (χ0v) is 31.0. The first-order chi connectivity index (χ1) is 28.3. The van der Waals surface area contributed by atoms with E-state index < -0.39 is 0 Å². The number of para-hydroxylation sites is 6. The van der Waals surface area contributed by atoms with Crippen LogP contribution >= 0.6 is 0 Å². The molecule has 0 aliphatic heterocycles. The number of hydrogen-bond donors (Lipinski definition) is 0. The van der Waals surface area contributed by atoms with Crippen LogP contribution in [0.5, 0.6) is 0 Å². The molecule has 57 heavy (non-hydrogen) atoms. The fourth-order valence-electron chi connectivity index (χ4n) is 9.52. The molecule has 0 aliphatic carbocycles. The van der Waals surface area contributed by atoms with E-state index in [-0.39, 0.29) is 0 Å². The van der Waals surface area contributed by atoms with Gasteiger partial charge < -0.3 is 13.7 Å². The molecule has 9 aromatic carbocycles. The Labute approximate surface area is 329 Å². The normalized spacial score (nSPS) is 11.9. The molecule has 0 spiro atoms. The van der Waals surface area contributed by atoms with E-state index in [1.165, 1.54) is 87.7 Å². The van der Waals surface area contributed by atoms with Gasteiger partial charge in [0.25, 0.3) is 0 Å². The van der Waals surface area contributed by atoms with E-state index in [2.05, 4.69) is 226 Å². The second-order valence-corrected chi connectivity index (χ2v) is 14.9. The van der Waals surface area contributed by atoms with Gasteiger partial charge in [-0.25, -0.2) is 0 Å². The van der Waals surface area contributed by atoms with Crippen LogP contribution in [0.15, 0.2) is 212 Å². The van der Waals surface area contributed by atoms with E-state index in [1.807, 2.05) is 0 Å². The molecule has 12 aromatic rings. The van der Waals surface area contributed by atoms with Gasteiger partial charge >= 0.3 is 0 Å². The summed E-state index contributed by atoms with van der Waals surface area (Å²) in [6.45, 7) is 0. The highest BCUT2D eigenvalue weighted by Gasteiger charge is 2.24. The highest BCUT2D eigenvalue weighted by Crippen LogP contribution is 2.47. The Kier molecular flexibility index (Phi) is 6.93. The standard InChI is InChI=1S/C54H35N3/c1-4-18-37(19-5-1)55-48-30-14-11-25-43(48)52-40(27-16-32-50(52)55)36-34-45-41-24-10-13-29-47(41)57(39-22-8-3-9-23-39)54(45)46(35-36)42-28-17-33-51-53(42)44-26-12-15-31-49(44)56(51)38-20-6-2-7-21-38/h1-35H. The molecule has 3 aromatic heterocycles. The number of benzene rings is 9. The van der Waals surface area contributed by atoms with Crippen LogP contribution < -0.4 is 0 Å². The summed E-state index contributed by atoms with van der Waals surface area (Å²) in [5.41, 5.74) is 15.5. The number of aromatic nitrogens is 3. The van der Waals surface area contributed by atoms with Crippen molar-refractivity contribution in [2.45, 2.75) is 0 Å². The van der Waals surface area contributed by atoms with Gasteiger partial charge in [0, 0.05) is 54.9 Å². The van der Waals surface area contributed by atoms with Gasteiger partial charge in [-0.2, -0.15) is 0 Å². The van der Waals surface area contributed by atoms with Crippen LogP contribution in [0, 0.1) is 0 Å². The third-order valence-corrected chi connectivity index (χ3v) is 11.8. The van der Waals surface area contributed by atoms with Gasteiger partial charge in [0.15, 0.2) is 0 Å². The van der Waals surface area contributed by atoms with Crippen molar-refractivity contribution in [1.29, 1.82) is 0 Å². The minimum Gasteiger partial charge on any atom is -0.309 e. The maximum atomic E-state index is 2.47. The van der Waals surface area contributed by atoms with E-state index >= 15 is 0 Å². The van der Waals surface area contributed by atoms with Gasteiger partial charge in [-0.05, 0) is 95.6 Å². The molecular weight excluding hydrogens is 691 g/mol. The highest BCUT2D eigenvalue weighted by molar-refractivity contribution is 6.23. The third-order valence-electron chi connectivity index (χ3n) is 11.8. The maximum absolute atomic E-state index is 2.47. The topological polar surface area (TPSA) is 14.8 Å². The van der Waals surface area contributed by atoms with E-state index in [0.29, 0.717) is 0 Å². The Morgan fingerprint density at radius 3 is 1.19 bits per heavy atom. The fourth-order valence-corrected chi connectivity index (χ4v) is 9.52.